The number of hydrogen-bond acceptors (Lipinski definition) is 6. The molecule has 1 aliphatic rings. The van der Waals surface area contributed by atoms with Gasteiger partial charge in [-0.2, -0.15) is 21.6 Å². The molecular weight excluding hydrogens is 704 g/mol. The van der Waals surface area contributed by atoms with Crippen molar-refractivity contribution in [3.63, 3.8) is 0 Å². The largest absolute Gasteiger partial charge is 0.493 e. The van der Waals surface area contributed by atoms with Crippen molar-refractivity contribution in [2.45, 2.75) is 102 Å². The number of ether oxygens (including phenoxy) is 1. The lowest BCUT2D eigenvalue weighted by atomic mass is 9.82. The Bertz CT molecular complexity index is 1670. The van der Waals surface area contributed by atoms with E-state index in [1.54, 1.807) is 27.1 Å². The number of halogens is 3. The fraction of sp³-hybridized carbons (Fsp3) is 0.486. The molecule has 0 saturated carbocycles. The molecule has 3 rings (SSSR count). The minimum atomic E-state index is -5.18. The molecule has 0 aliphatic carbocycles. The zero-order chi connectivity index (χ0) is 39.6. The number of nitrogens with zero attached hydrogens (tertiary/aromatic N) is 3. The molecular formula is C37H56F3N3O6S2. The van der Waals surface area contributed by atoms with Crippen LogP contribution >= 0.6 is 0 Å². The molecule has 0 fully saturated rings. The molecule has 0 radical (unpaired) electrons. The van der Waals surface area contributed by atoms with Gasteiger partial charge in [0.15, 0.2) is 5.60 Å². The minimum Gasteiger partial charge on any atom is -0.493 e. The van der Waals surface area contributed by atoms with Gasteiger partial charge in [0.1, 0.15) is 12.1 Å². The highest BCUT2D eigenvalue weighted by atomic mass is 32.2. The maximum Gasteiger partial charge on any atom is 0.417 e. The molecule has 2 unspecified atom stereocenters. The van der Waals surface area contributed by atoms with Gasteiger partial charge >= 0.3 is 6.18 Å². The number of allylic oxidation sites excluding steroid dienone is 4. The van der Waals surface area contributed by atoms with Crippen LogP contribution in [0.4, 0.5) is 13.2 Å². The van der Waals surface area contributed by atoms with E-state index in [1.165, 1.54) is 66.4 Å². The standard InChI is InChI=1S/C29H36F3N3O6S2.C4H8.2C2H6/c1-6-7-11-23(35(5)43(39,40)24-12-9-8-10-13-24)19-28(36,29(30,31)32)18-21(2)26-17-25(16-22-14-15-41-27(22)26)42(37,38)33-20-34(3)4;1-3-4-2;2*1-2/h6-13,16-17,20-21,36H,14-15,18-19H2,1-5H3;3H,1,4H2,2H3;2*1-2H3/b7-6+,23-11-,33-20+;;;. The Balaban J connectivity index is 0.00000286. The lowest BCUT2D eigenvalue weighted by Crippen LogP contribution is -2.48. The van der Waals surface area contributed by atoms with Crippen molar-refractivity contribution in [2.24, 2.45) is 4.40 Å². The smallest absolute Gasteiger partial charge is 0.417 e. The van der Waals surface area contributed by atoms with Gasteiger partial charge in [-0.05, 0) is 67.2 Å². The van der Waals surface area contributed by atoms with Crippen molar-refractivity contribution in [3.8, 4) is 5.75 Å². The minimum absolute atomic E-state index is 0.129. The van der Waals surface area contributed by atoms with Crippen molar-refractivity contribution < 1.29 is 39.9 Å². The number of benzene rings is 2. The van der Waals surface area contributed by atoms with Gasteiger partial charge < -0.3 is 14.7 Å². The Morgan fingerprint density at radius 3 is 2.10 bits per heavy atom. The molecule has 1 aliphatic heterocycles. The first-order valence-corrected chi connectivity index (χ1v) is 19.7. The van der Waals surface area contributed by atoms with E-state index in [4.69, 9.17) is 4.74 Å². The summed E-state index contributed by atoms with van der Waals surface area (Å²) in [5, 5.41) is 11.3. The van der Waals surface area contributed by atoms with Crippen LogP contribution in [-0.2, 0) is 26.5 Å². The molecule has 0 spiro atoms. The Kier molecular flexibility index (Phi) is 20.1. The zero-order valence-corrected chi connectivity index (χ0v) is 33.2. The van der Waals surface area contributed by atoms with Crippen LogP contribution in [-0.4, -0.2) is 77.0 Å². The van der Waals surface area contributed by atoms with Crippen molar-refractivity contribution in [3.05, 3.63) is 90.2 Å². The van der Waals surface area contributed by atoms with Gasteiger partial charge in [-0.15, -0.1) is 11.0 Å². The molecule has 9 nitrogen and oxygen atoms in total. The molecule has 14 heteroatoms. The van der Waals surface area contributed by atoms with E-state index < -0.39 is 50.6 Å². The summed E-state index contributed by atoms with van der Waals surface area (Å²) in [5.41, 5.74) is -3.03. The van der Waals surface area contributed by atoms with Gasteiger partial charge in [0, 0.05) is 39.7 Å². The molecule has 0 saturated heterocycles. The normalized spacial score (nSPS) is 14.7. The first-order valence-electron chi connectivity index (χ1n) is 16.9. The summed E-state index contributed by atoms with van der Waals surface area (Å²) in [6.07, 6.45) is 1.32. The molecule has 0 amide bonds. The van der Waals surface area contributed by atoms with Crippen LogP contribution in [0.5, 0.6) is 5.75 Å². The van der Waals surface area contributed by atoms with Crippen LogP contribution in [0, 0.1) is 0 Å². The molecule has 288 valence electrons. The number of rotatable bonds is 13. The Morgan fingerprint density at radius 1 is 1.04 bits per heavy atom. The summed E-state index contributed by atoms with van der Waals surface area (Å²) >= 11 is 0. The predicted molar refractivity (Wildman–Crippen MR) is 201 cm³/mol. The van der Waals surface area contributed by atoms with Crippen LogP contribution < -0.4 is 4.74 Å². The fourth-order valence-electron chi connectivity index (χ4n) is 4.63. The van der Waals surface area contributed by atoms with Crippen LogP contribution in [0.15, 0.2) is 93.2 Å². The van der Waals surface area contributed by atoms with E-state index >= 15 is 0 Å². The van der Waals surface area contributed by atoms with Crippen molar-refractivity contribution in [1.82, 2.24) is 9.21 Å². The van der Waals surface area contributed by atoms with Gasteiger partial charge in [0.05, 0.1) is 16.4 Å². The summed E-state index contributed by atoms with van der Waals surface area (Å²) in [7, 11) is -4.15. The third-order valence-corrected chi connectivity index (χ3v) is 10.3. The Labute approximate surface area is 304 Å². The van der Waals surface area contributed by atoms with E-state index in [-0.39, 0.29) is 33.4 Å². The molecule has 0 bridgehead atoms. The Hall–Kier alpha value is -3.62. The lowest BCUT2D eigenvalue weighted by molar-refractivity contribution is -0.264. The molecule has 2 atom stereocenters. The highest BCUT2D eigenvalue weighted by molar-refractivity contribution is 7.90. The lowest BCUT2D eigenvalue weighted by Gasteiger charge is -2.36. The molecule has 1 N–H and O–H groups in total. The maximum atomic E-state index is 14.7. The van der Waals surface area contributed by atoms with Gasteiger partial charge in [0.25, 0.3) is 20.0 Å². The number of fused-ring (bicyclic) bond motifs is 1. The third-order valence-electron chi connectivity index (χ3n) is 7.25. The van der Waals surface area contributed by atoms with E-state index in [1.807, 2.05) is 33.8 Å². The van der Waals surface area contributed by atoms with Crippen molar-refractivity contribution in [2.75, 3.05) is 27.7 Å². The zero-order valence-electron chi connectivity index (χ0n) is 31.5. The summed E-state index contributed by atoms with van der Waals surface area (Å²) in [5.74, 6) is -0.800. The number of sulfonamides is 2. The topological polar surface area (TPSA) is 117 Å². The molecule has 2 aromatic carbocycles. The van der Waals surface area contributed by atoms with Gasteiger partial charge in [0.2, 0.25) is 0 Å². The average Bonchev–Trinajstić information content (AvgIpc) is 3.59. The second-order valence-electron chi connectivity index (χ2n) is 11.2. The van der Waals surface area contributed by atoms with Gasteiger partial charge in [-0.3, -0.25) is 4.31 Å². The van der Waals surface area contributed by atoms with Crippen LogP contribution in [0.1, 0.15) is 84.8 Å². The summed E-state index contributed by atoms with van der Waals surface area (Å²) in [4.78, 5) is 1.08. The predicted octanol–water partition coefficient (Wildman–Crippen LogP) is 8.49. The molecule has 1 heterocycles. The Morgan fingerprint density at radius 2 is 1.61 bits per heavy atom. The number of hydrogen-bond donors (Lipinski definition) is 1. The SMILES string of the molecule is C/C=C/C=C(/CC(O)(CC(C)c1cc(S(=O)(=O)/N=C/N(C)C)cc2c1OCC2)C(F)(F)F)N(C)S(=O)(=O)c1ccccc1.C=CCC.CC.CC. The molecule has 0 aromatic heterocycles. The highest BCUT2D eigenvalue weighted by Crippen LogP contribution is 2.46. The van der Waals surface area contributed by atoms with E-state index in [2.05, 4.69) is 17.9 Å². The van der Waals surface area contributed by atoms with Gasteiger partial charge in [-0.1, -0.05) is 78.0 Å². The monoisotopic (exact) mass is 759 g/mol. The summed E-state index contributed by atoms with van der Waals surface area (Å²) in [6.45, 7) is 16.8. The first kappa shape index (κ1) is 47.4. The maximum absolute atomic E-state index is 14.7. The van der Waals surface area contributed by atoms with E-state index in [9.17, 15) is 35.1 Å². The first-order chi connectivity index (χ1) is 23.8. The second kappa shape index (κ2) is 21.7. The van der Waals surface area contributed by atoms with Crippen molar-refractivity contribution >= 4 is 26.4 Å². The fourth-order valence-corrected chi connectivity index (χ4v) is 6.88. The van der Waals surface area contributed by atoms with Crippen LogP contribution in [0.3, 0.4) is 0 Å². The molecule has 51 heavy (non-hydrogen) atoms. The highest BCUT2D eigenvalue weighted by Gasteiger charge is 2.55. The summed E-state index contributed by atoms with van der Waals surface area (Å²) in [6, 6.07) is 9.83. The van der Waals surface area contributed by atoms with Gasteiger partial charge in [-0.25, -0.2) is 8.42 Å². The number of aliphatic hydroxyl groups is 1. The van der Waals surface area contributed by atoms with E-state index in [0.29, 0.717) is 12.0 Å². The molecule has 2 aromatic rings. The summed E-state index contributed by atoms with van der Waals surface area (Å²) < 4.78 is 106. The van der Waals surface area contributed by atoms with Crippen molar-refractivity contribution in [1.29, 1.82) is 0 Å². The number of alkyl halides is 3. The van der Waals surface area contributed by atoms with E-state index in [0.717, 1.165) is 24.1 Å². The van der Waals surface area contributed by atoms with Crippen LogP contribution in [0.25, 0.3) is 0 Å². The quantitative estimate of drug-likeness (QED) is 0.0943. The third kappa shape index (κ3) is 13.5. The van der Waals surface area contributed by atoms with Crippen LogP contribution in [0.2, 0.25) is 0 Å². The average molecular weight is 760 g/mol. The second-order valence-corrected chi connectivity index (χ2v) is 14.8.